The molecule has 1 atom stereocenters. The second kappa shape index (κ2) is 8.60. The highest BCUT2D eigenvalue weighted by Gasteiger charge is 2.23. The summed E-state index contributed by atoms with van der Waals surface area (Å²) in [5.74, 6) is 1.46. The van der Waals surface area contributed by atoms with Crippen LogP contribution in [-0.2, 0) is 13.1 Å². The van der Waals surface area contributed by atoms with Crippen LogP contribution in [0.2, 0.25) is 0 Å². The van der Waals surface area contributed by atoms with Crippen LogP contribution in [0.4, 0.5) is 0 Å². The predicted molar refractivity (Wildman–Crippen MR) is 95.0 cm³/mol. The predicted octanol–water partition coefficient (Wildman–Crippen LogP) is 2.16. The maximum absolute atomic E-state index is 9.02. The first-order chi connectivity index (χ1) is 11.8. The van der Waals surface area contributed by atoms with Gasteiger partial charge >= 0.3 is 0 Å². The first kappa shape index (κ1) is 17.4. The lowest BCUT2D eigenvalue weighted by Gasteiger charge is -2.31. The molecular formula is C17H25N5OS. The van der Waals surface area contributed by atoms with Crippen molar-refractivity contribution < 1.29 is 5.11 Å². The Morgan fingerprint density at radius 1 is 1.33 bits per heavy atom. The summed E-state index contributed by atoms with van der Waals surface area (Å²) in [6.07, 6.45) is 8.22. The Hall–Kier alpha value is -1.44. The molecule has 1 aliphatic rings. The Kier molecular flexibility index (Phi) is 6.23. The van der Waals surface area contributed by atoms with Crippen molar-refractivity contribution in [2.45, 2.75) is 43.9 Å². The Balaban J connectivity index is 1.58. The number of thioether (sulfide) groups is 1. The van der Waals surface area contributed by atoms with Gasteiger partial charge in [0.1, 0.15) is 0 Å². The lowest BCUT2D eigenvalue weighted by atomic mass is 9.95. The van der Waals surface area contributed by atoms with Crippen molar-refractivity contribution in [2.75, 3.05) is 25.4 Å². The molecule has 0 amide bonds. The minimum Gasteiger partial charge on any atom is -0.394 e. The number of nitrogens with zero attached hydrogens (tertiary/aromatic N) is 5. The van der Waals surface area contributed by atoms with E-state index in [1.54, 1.807) is 11.8 Å². The zero-order valence-corrected chi connectivity index (χ0v) is 15.0. The third-order valence-corrected chi connectivity index (χ3v) is 5.03. The van der Waals surface area contributed by atoms with Crippen LogP contribution >= 0.6 is 11.8 Å². The van der Waals surface area contributed by atoms with Gasteiger partial charge in [-0.3, -0.25) is 9.58 Å². The molecule has 0 bridgehead atoms. The van der Waals surface area contributed by atoms with Crippen molar-refractivity contribution in [3.8, 4) is 0 Å². The summed E-state index contributed by atoms with van der Waals surface area (Å²) in [5, 5.41) is 14.5. The summed E-state index contributed by atoms with van der Waals surface area (Å²) in [7, 11) is 0. The summed E-state index contributed by atoms with van der Waals surface area (Å²) in [6, 6.07) is 2.09. The van der Waals surface area contributed by atoms with E-state index >= 15 is 0 Å². The fraction of sp³-hybridized carbons (Fsp3) is 0.588. The summed E-state index contributed by atoms with van der Waals surface area (Å²) < 4.78 is 1.83. The monoisotopic (exact) mass is 347 g/mol. The van der Waals surface area contributed by atoms with Gasteiger partial charge in [0.15, 0.2) is 5.16 Å². The molecule has 2 aromatic rings. The summed E-state index contributed by atoms with van der Waals surface area (Å²) >= 11 is 1.67. The average Bonchev–Trinajstić information content (AvgIpc) is 3.06. The molecular weight excluding hydrogens is 322 g/mol. The molecule has 1 aliphatic heterocycles. The highest BCUT2D eigenvalue weighted by molar-refractivity contribution is 7.99. The van der Waals surface area contributed by atoms with Gasteiger partial charge in [-0.2, -0.15) is 5.10 Å². The van der Waals surface area contributed by atoms with E-state index in [2.05, 4.69) is 33.0 Å². The number of hydrogen-bond acceptors (Lipinski definition) is 6. The molecule has 0 aliphatic carbocycles. The molecule has 0 radical (unpaired) electrons. The summed E-state index contributed by atoms with van der Waals surface area (Å²) in [4.78, 5) is 11.3. The van der Waals surface area contributed by atoms with Gasteiger partial charge in [0.05, 0.1) is 18.8 Å². The van der Waals surface area contributed by atoms with Crippen LogP contribution in [0, 0.1) is 0 Å². The number of aliphatic hydroxyl groups excluding tert-OH is 1. The molecule has 24 heavy (non-hydrogen) atoms. The van der Waals surface area contributed by atoms with E-state index in [9.17, 15) is 0 Å². The van der Waals surface area contributed by atoms with Gasteiger partial charge < -0.3 is 5.11 Å². The Morgan fingerprint density at radius 2 is 2.17 bits per heavy atom. The van der Waals surface area contributed by atoms with Crippen LogP contribution in [0.5, 0.6) is 0 Å². The molecule has 0 unspecified atom stereocenters. The largest absolute Gasteiger partial charge is 0.394 e. The molecule has 1 N–H and O–H groups in total. The van der Waals surface area contributed by atoms with E-state index in [1.807, 2.05) is 23.3 Å². The first-order valence-corrected chi connectivity index (χ1v) is 9.57. The number of likely N-dealkylation sites (tertiary alicyclic amines) is 1. The van der Waals surface area contributed by atoms with Crippen LogP contribution in [-0.4, -0.2) is 55.2 Å². The van der Waals surface area contributed by atoms with Crippen molar-refractivity contribution in [3.63, 3.8) is 0 Å². The van der Waals surface area contributed by atoms with Gasteiger partial charge in [-0.25, -0.2) is 9.97 Å². The molecule has 2 aromatic heterocycles. The lowest BCUT2D eigenvalue weighted by molar-refractivity contribution is 0.197. The van der Waals surface area contributed by atoms with E-state index < -0.39 is 0 Å². The number of hydrogen-bond donors (Lipinski definition) is 1. The van der Waals surface area contributed by atoms with E-state index in [4.69, 9.17) is 5.11 Å². The van der Waals surface area contributed by atoms with Crippen LogP contribution in [0.1, 0.15) is 36.9 Å². The fourth-order valence-corrected chi connectivity index (χ4v) is 3.66. The van der Waals surface area contributed by atoms with Gasteiger partial charge in [0.25, 0.3) is 0 Å². The number of rotatable bonds is 7. The molecule has 0 aromatic carbocycles. The van der Waals surface area contributed by atoms with Gasteiger partial charge in [0.2, 0.25) is 0 Å². The van der Waals surface area contributed by atoms with E-state index in [-0.39, 0.29) is 6.61 Å². The third kappa shape index (κ3) is 4.55. The normalized spacial score (nSPS) is 18.8. The molecule has 3 rings (SSSR count). The average molecular weight is 347 g/mol. The Bertz CT molecular complexity index is 630. The SMILES string of the molecule is CCSc1ncc(CN2CCC[C@@H](c3ccn(CCO)n3)C2)cn1. The van der Waals surface area contributed by atoms with Crippen LogP contribution in [0.15, 0.2) is 29.8 Å². The second-order valence-corrected chi connectivity index (χ2v) is 7.34. The van der Waals surface area contributed by atoms with Crippen molar-refractivity contribution in [3.05, 3.63) is 35.9 Å². The van der Waals surface area contributed by atoms with E-state index in [0.717, 1.165) is 36.2 Å². The highest BCUT2D eigenvalue weighted by Crippen LogP contribution is 2.26. The first-order valence-electron chi connectivity index (χ1n) is 8.58. The molecule has 130 valence electrons. The second-order valence-electron chi connectivity index (χ2n) is 6.11. The number of aliphatic hydroxyl groups is 1. The van der Waals surface area contributed by atoms with Crippen LogP contribution in [0.25, 0.3) is 0 Å². The Morgan fingerprint density at radius 3 is 2.92 bits per heavy atom. The highest BCUT2D eigenvalue weighted by atomic mass is 32.2. The van der Waals surface area contributed by atoms with Gasteiger partial charge in [0, 0.05) is 43.2 Å². The van der Waals surface area contributed by atoms with Gasteiger partial charge in [-0.1, -0.05) is 18.7 Å². The van der Waals surface area contributed by atoms with Crippen molar-refractivity contribution in [1.82, 2.24) is 24.6 Å². The molecule has 6 nitrogen and oxygen atoms in total. The van der Waals surface area contributed by atoms with E-state index in [0.29, 0.717) is 12.5 Å². The third-order valence-electron chi connectivity index (χ3n) is 4.28. The standard InChI is InChI=1S/C17H25N5OS/c1-2-24-17-18-10-14(11-19-17)12-21-6-3-4-15(13-21)16-5-7-22(20-16)8-9-23/h5,7,10-11,15,23H,2-4,6,8-9,12-13H2,1H3/t15-/m1/s1. The van der Waals surface area contributed by atoms with Crippen molar-refractivity contribution >= 4 is 11.8 Å². The molecule has 3 heterocycles. The zero-order valence-electron chi connectivity index (χ0n) is 14.1. The van der Waals surface area contributed by atoms with E-state index in [1.165, 1.54) is 18.4 Å². The number of piperidine rings is 1. The summed E-state index contributed by atoms with van der Waals surface area (Å²) in [5.41, 5.74) is 2.31. The minimum atomic E-state index is 0.129. The lowest BCUT2D eigenvalue weighted by Crippen LogP contribution is -2.34. The maximum atomic E-state index is 9.02. The summed E-state index contributed by atoms with van der Waals surface area (Å²) in [6.45, 7) is 5.82. The zero-order chi connectivity index (χ0) is 16.8. The molecule has 0 spiro atoms. The van der Waals surface area contributed by atoms with Gasteiger partial charge in [-0.05, 0) is 31.2 Å². The molecule has 0 saturated carbocycles. The molecule has 1 fully saturated rings. The van der Waals surface area contributed by atoms with Gasteiger partial charge in [-0.15, -0.1) is 0 Å². The van der Waals surface area contributed by atoms with Crippen molar-refractivity contribution in [1.29, 1.82) is 0 Å². The fourth-order valence-electron chi connectivity index (χ4n) is 3.15. The smallest absolute Gasteiger partial charge is 0.187 e. The van der Waals surface area contributed by atoms with Crippen LogP contribution in [0.3, 0.4) is 0 Å². The molecule has 7 heteroatoms. The molecule has 1 saturated heterocycles. The Labute approximate surface area is 147 Å². The quantitative estimate of drug-likeness (QED) is 0.611. The number of aromatic nitrogens is 4. The maximum Gasteiger partial charge on any atom is 0.187 e. The topological polar surface area (TPSA) is 67.1 Å². The minimum absolute atomic E-state index is 0.129. The van der Waals surface area contributed by atoms with Crippen LogP contribution < -0.4 is 0 Å². The van der Waals surface area contributed by atoms with Crippen molar-refractivity contribution in [2.24, 2.45) is 0 Å².